The number of benzene rings is 4. The Balaban J connectivity index is 1.23. The molecule has 6 aromatic rings. The summed E-state index contributed by atoms with van der Waals surface area (Å²) in [7, 11) is -4.02. The second-order valence-electron chi connectivity index (χ2n) is 11.4. The Labute approximate surface area is 286 Å². The van der Waals surface area contributed by atoms with Crippen molar-refractivity contribution in [3.8, 4) is 22.6 Å². The first-order valence-corrected chi connectivity index (χ1v) is 18.5. The second kappa shape index (κ2) is 14.5. The molecule has 0 saturated carbocycles. The Morgan fingerprint density at radius 1 is 0.592 bits per heavy atom. The van der Waals surface area contributed by atoms with Crippen molar-refractivity contribution in [3.05, 3.63) is 144 Å². The van der Waals surface area contributed by atoms with Gasteiger partial charge in [-0.3, -0.25) is 9.44 Å². The molecule has 6 rings (SSSR count). The average Bonchev–Trinajstić information content (AvgIpc) is 3.77. The van der Waals surface area contributed by atoms with Crippen LogP contribution in [0.4, 0.5) is 11.4 Å². The molecule has 0 atom stereocenters. The standard InChI is InChI=1S/C37H36N4O6S2/c1-38-23-26-13-17-33(35(20-26)41-49(44,45)32-11-7-4-8-12-32)36-18-16-30(47-36)19-27-21-37(46-25-27)28-14-15-29(24-39-2)34(22-28)40-48(42,43)31-9-5-3-6-10-31/h3-18,20-22,25,38-41H,19,23-24H2,1-2H3. The maximum Gasteiger partial charge on any atom is 0.261 e. The van der Waals surface area contributed by atoms with Crippen molar-refractivity contribution in [2.75, 3.05) is 23.5 Å². The average molecular weight is 697 g/mol. The summed E-state index contributed by atoms with van der Waals surface area (Å²) < 4.78 is 70.3. The zero-order valence-corrected chi connectivity index (χ0v) is 28.6. The third kappa shape index (κ3) is 7.95. The Morgan fingerprint density at radius 3 is 1.90 bits per heavy atom. The second-order valence-corrected chi connectivity index (χ2v) is 14.8. The third-order valence-electron chi connectivity index (χ3n) is 7.78. The molecule has 49 heavy (non-hydrogen) atoms. The van der Waals surface area contributed by atoms with Gasteiger partial charge in [-0.1, -0.05) is 54.6 Å². The van der Waals surface area contributed by atoms with Crippen LogP contribution >= 0.6 is 0 Å². The molecular weight excluding hydrogens is 661 g/mol. The van der Waals surface area contributed by atoms with Crippen molar-refractivity contribution in [3.63, 3.8) is 0 Å². The van der Waals surface area contributed by atoms with Crippen molar-refractivity contribution in [2.24, 2.45) is 0 Å². The normalized spacial score (nSPS) is 11.8. The van der Waals surface area contributed by atoms with Crippen molar-refractivity contribution in [1.82, 2.24) is 10.6 Å². The van der Waals surface area contributed by atoms with Crippen LogP contribution in [0.15, 0.2) is 140 Å². The van der Waals surface area contributed by atoms with Crippen LogP contribution in [0, 0.1) is 0 Å². The number of furan rings is 2. The Morgan fingerprint density at radius 2 is 1.24 bits per heavy atom. The van der Waals surface area contributed by atoms with E-state index in [-0.39, 0.29) is 9.79 Å². The number of nitrogens with one attached hydrogen (secondary N) is 4. The minimum Gasteiger partial charge on any atom is -0.464 e. The maximum atomic E-state index is 13.2. The highest BCUT2D eigenvalue weighted by Crippen LogP contribution is 2.34. The highest BCUT2D eigenvalue weighted by Gasteiger charge is 2.20. The minimum atomic E-state index is -3.84. The zero-order chi connectivity index (χ0) is 34.4. The first-order chi connectivity index (χ1) is 23.6. The summed E-state index contributed by atoms with van der Waals surface area (Å²) in [5, 5.41) is 6.17. The lowest BCUT2D eigenvalue weighted by atomic mass is 10.1. The molecule has 0 fully saturated rings. The fraction of sp³-hybridized carbons (Fsp3) is 0.135. The van der Waals surface area contributed by atoms with Crippen LogP contribution in [0.3, 0.4) is 0 Å². The highest BCUT2D eigenvalue weighted by molar-refractivity contribution is 7.93. The molecule has 0 bridgehead atoms. The summed E-state index contributed by atoms with van der Waals surface area (Å²) >= 11 is 0. The van der Waals surface area contributed by atoms with Gasteiger partial charge in [0.1, 0.15) is 17.3 Å². The van der Waals surface area contributed by atoms with E-state index in [0.29, 0.717) is 59.3 Å². The molecule has 0 amide bonds. The molecule has 0 radical (unpaired) electrons. The molecule has 0 unspecified atom stereocenters. The van der Waals surface area contributed by atoms with Gasteiger partial charge in [0.25, 0.3) is 20.0 Å². The summed E-state index contributed by atoms with van der Waals surface area (Å²) in [4.78, 5) is 0.330. The summed E-state index contributed by atoms with van der Waals surface area (Å²) in [6.45, 7) is 1.02. The minimum absolute atomic E-state index is 0.160. The van der Waals surface area contributed by atoms with Crippen LogP contribution in [0.1, 0.15) is 22.5 Å². The van der Waals surface area contributed by atoms with E-state index >= 15 is 0 Å². The lowest BCUT2D eigenvalue weighted by Gasteiger charge is -2.14. The Bertz CT molecular complexity index is 2270. The summed E-state index contributed by atoms with van der Waals surface area (Å²) in [6, 6.07) is 33.1. The largest absolute Gasteiger partial charge is 0.464 e. The lowest BCUT2D eigenvalue weighted by molar-refractivity contribution is 0.531. The Kier molecular flexibility index (Phi) is 10.0. The van der Waals surface area contributed by atoms with Crippen LogP contribution in [0.25, 0.3) is 22.6 Å². The third-order valence-corrected chi connectivity index (χ3v) is 10.5. The molecular formula is C37H36N4O6S2. The van der Waals surface area contributed by atoms with E-state index in [0.717, 1.165) is 16.7 Å². The molecule has 0 aliphatic rings. The van der Waals surface area contributed by atoms with Gasteiger partial charge in [0.2, 0.25) is 0 Å². The van der Waals surface area contributed by atoms with Gasteiger partial charge in [0.05, 0.1) is 27.4 Å². The van der Waals surface area contributed by atoms with Gasteiger partial charge in [-0.15, -0.1) is 0 Å². The van der Waals surface area contributed by atoms with E-state index in [1.165, 1.54) is 0 Å². The molecule has 4 N–H and O–H groups in total. The summed E-state index contributed by atoms with van der Waals surface area (Å²) in [5.74, 6) is 1.73. The molecule has 2 aromatic heterocycles. The Hall–Kier alpha value is -5.14. The van der Waals surface area contributed by atoms with Gasteiger partial charge in [0.15, 0.2) is 0 Å². The fourth-order valence-corrected chi connectivity index (χ4v) is 7.62. The first kappa shape index (κ1) is 33.7. The maximum absolute atomic E-state index is 13.2. The lowest BCUT2D eigenvalue weighted by Crippen LogP contribution is -2.16. The van der Waals surface area contributed by atoms with Gasteiger partial charge in [-0.25, -0.2) is 16.8 Å². The molecule has 12 heteroatoms. The highest BCUT2D eigenvalue weighted by atomic mass is 32.2. The van der Waals surface area contributed by atoms with Crippen LogP contribution in [-0.2, 0) is 39.6 Å². The monoisotopic (exact) mass is 696 g/mol. The van der Waals surface area contributed by atoms with E-state index in [1.54, 1.807) is 86.1 Å². The summed E-state index contributed by atoms with van der Waals surface area (Å²) in [5.41, 5.74) is 4.69. The number of rotatable bonds is 14. The quantitative estimate of drug-likeness (QED) is 0.0970. The molecule has 0 aliphatic carbocycles. The number of hydrogen-bond acceptors (Lipinski definition) is 8. The smallest absolute Gasteiger partial charge is 0.261 e. The van der Waals surface area contributed by atoms with Crippen molar-refractivity contribution >= 4 is 31.4 Å². The molecule has 0 saturated heterocycles. The number of sulfonamides is 2. The van der Waals surface area contributed by atoms with Crippen molar-refractivity contribution < 1.29 is 25.7 Å². The van der Waals surface area contributed by atoms with Crippen LogP contribution in [0.5, 0.6) is 0 Å². The molecule has 4 aromatic carbocycles. The molecule has 252 valence electrons. The van der Waals surface area contributed by atoms with Gasteiger partial charge in [-0.05, 0) is 91.4 Å². The van der Waals surface area contributed by atoms with Crippen LogP contribution < -0.4 is 20.1 Å². The summed E-state index contributed by atoms with van der Waals surface area (Å²) in [6.07, 6.45) is 2.05. The fourth-order valence-electron chi connectivity index (χ4n) is 5.42. The predicted octanol–water partition coefficient (Wildman–Crippen LogP) is 6.84. The topological polar surface area (TPSA) is 143 Å². The van der Waals surface area contributed by atoms with Crippen molar-refractivity contribution in [2.45, 2.75) is 29.3 Å². The van der Waals surface area contributed by atoms with Gasteiger partial charge >= 0.3 is 0 Å². The van der Waals surface area contributed by atoms with E-state index in [1.807, 2.05) is 49.5 Å². The molecule has 10 nitrogen and oxygen atoms in total. The SMILES string of the molecule is CNCc1ccc(-c2ccc(Cc3coc(-c4ccc(CNC)c(NS(=O)(=O)c5ccccc5)c4)c3)o2)c(NS(=O)(=O)c2ccccc2)c1. The van der Waals surface area contributed by atoms with E-state index < -0.39 is 20.0 Å². The number of anilines is 2. The van der Waals surface area contributed by atoms with Crippen molar-refractivity contribution in [1.29, 1.82) is 0 Å². The zero-order valence-electron chi connectivity index (χ0n) is 26.9. The van der Waals surface area contributed by atoms with Gasteiger partial charge < -0.3 is 19.5 Å². The van der Waals surface area contributed by atoms with E-state index in [2.05, 4.69) is 20.1 Å². The first-order valence-electron chi connectivity index (χ1n) is 15.5. The van der Waals surface area contributed by atoms with E-state index in [9.17, 15) is 16.8 Å². The van der Waals surface area contributed by atoms with Gasteiger partial charge in [0, 0.05) is 30.6 Å². The van der Waals surface area contributed by atoms with Crippen LogP contribution in [-0.4, -0.2) is 30.9 Å². The molecule has 0 spiro atoms. The van der Waals surface area contributed by atoms with Gasteiger partial charge in [-0.2, -0.15) is 0 Å². The number of hydrogen-bond donors (Lipinski definition) is 4. The van der Waals surface area contributed by atoms with E-state index in [4.69, 9.17) is 8.83 Å². The molecule has 0 aliphatic heterocycles. The molecule has 2 heterocycles. The van der Waals surface area contributed by atoms with Crippen LogP contribution in [0.2, 0.25) is 0 Å². The predicted molar refractivity (Wildman–Crippen MR) is 191 cm³/mol.